The van der Waals surface area contributed by atoms with Gasteiger partial charge in [0.25, 0.3) is 0 Å². The maximum atomic E-state index is 11.7. The Morgan fingerprint density at radius 3 is 2.52 bits per heavy atom. The lowest BCUT2D eigenvalue weighted by atomic mass is 10.2. The summed E-state index contributed by atoms with van der Waals surface area (Å²) in [7, 11) is 1.42. The largest absolute Gasteiger partial charge is 0.495 e. The van der Waals surface area contributed by atoms with E-state index in [0.717, 1.165) is 5.56 Å². The molecule has 3 amide bonds. The second kappa shape index (κ2) is 7.49. The van der Waals surface area contributed by atoms with Crippen molar-refractivity contribution >= 4 is 35.2 Å². The number of nitrogens with one attached hydrogen (secondary N) is 2. The first-order valence-electron chi connectivity index (χ1n) is 6.00. The molecule has 7 nitrogen and oxygen atoms in total. The van der Waals surface area contributed by atoms with Crippen molar-refractivity contribution in [2.24, 2.45) is 0 Å². The third-order valence-corrected chi connectivity index (χ3v) is 2.96. The zero-order valence-electron chi connectivity index (χ0n) is 11.5. The number of amides is 3. The normalized spacial score (nSPS) is 9.86. The summed E-state index contributed by atoms with van der Waals surface area (Å²) in [4.78, 5) is 33.3. The van der Waals surface area contributed by atoms with Gasteiger partial charge in [-0.25, -0.2) is 4.79 Å². The summed E-state index contributed by atoms with van der Waals surface area (Å²) in [6.07, 6.45) is -0.623. The van der Waals surface area contributed by atoms with E-state index in [1.54, 1.807) is 19.1 Å². The van der Waals surface area contributed by atoms with Crippen molar-refractivity contribution in [2.75, 3.05) is 12.4 Å². The van der Waals surface area contributed by atoms with Crippen LogP contribution >= 0.6 is 11.6 Å². The van der Waals surface area contributed by atoms with Crippen molar-refractivity contribution in [3.8, 4) is 5.75 Å². The first kappa shape index (κ1) is 16.8. The van der Waals surface area contributed by atoms with Gasteiger partial charge in [-0.15, -0.1) is 0 Å². The molecule has 8 heteroatoms. The molecule has 3 N–H and O–H groups in total. The van der Waals surface area contributed by atoms with Gasteiger partial charge in [-0.2, -0.15) is 0 Å². The van der Waals surface area contributed by atoms with Gasteiger partial charge in [-0.1, -0.05) is 11.6 Å². The minimum Gasteiger partial charge on any atom is -0.495 e. The van der Waals surface area contributed by atoms with Gasteiger partial charge < -0.3 is 15.2 Å². The van der Waals surface area contributed by atoms with Gasteiger partial charge in [0.15, 0.2) is 0 Å². The second-order valence-electron chi connectivity index (χ2n) is 4.20. The minimum atomic E-state index is -1.11. The van der Waals surface area contributed by atoms with Crippen LogP contribution in [0.3, 0.4) is 0 Å². The molecule has 0 fully saturated rings. The van der Waals surface area contributed by atoms with E-state index >= 15 is 0 Å². The number of carbonyl (C=O) groups is 3. The Morgan fingerprint density at radius 1 is 1.29 bits per heavy atom. The van der Waals surface area contributed by atoms with E-state index in [1.807, 2.05) is 5.32 Å². The predicted octanol–water partition coefficient (Wildman–Crippen LogP) is 2.17. The summed E-state index contributed by atoms with van der Waals surface area (Å²) in [5.74, 6) is -1.45. The molecule has 0 unspecified atom stereocenters. The number of carboxylic acid groups (broad SMARTS) is 1. The Balaban J connectivity index is 2.68. The molecule has 0 aliphatic carbocycles. The minimum absolute atomic E-state index is 0.278. The highest BCUT2D eigenvalue weighted by atomic mass is 35.5. The van der Waals surface area contributed by atoms with Crippen molar-refractivity contribution in [3.63, 3.8) is 0 Å². The lowest BCUT2D eigenvalue weighted by Gasteiger charge is -2.12. The van der Waals surface area contributed by atoms with E-state index in [9.17, 15) is 14.4 Å². The van der Waals surface area contributed by atoms with Crippen LogP contribution < -0.4 is 15.4 Å². The number of ether oxygens (including phenoxy) is 1. The van der Waals surface area contributed by atoms with Gasteiger partial charge in [0, 0.05) is 17.5 Å². The number of hydrogen-bond donors (Lipinski definition) is 3. The van der Waals surface area contributed by atoms with Gasteiger partial charge in [0.2, 0.25) is 5.91 Å². The van der Waals surface area contributed by atoms with Gasteiger partial charge in [0.05, 0.1) is 19.2 Å². The molecule has 0 aliphatic rings. The quantitative estimate of drug-likeness (QED) is 0.772. The molecule has 1 rings (SSSR count). The Morgan fingerprint density at radius 2 is 1.95 bits per heavy atom. The van der Waals surface area contributed by atoms with E-state index in [0.29, 0.717) is 16.5 Å². The fraction of sp³-hybridized carbons (Fsp3) is 0.308. The van der Waals surface area contributed by atoms with Crippen LogP contribution in [0.2, 0.25) is 5.02 Å². The Kier molecular flexibility index (Phi) is 5.98. The third-order valence-electron chi connectivity index (χ3n) is 2.55. The second-order valence-corrected chi connectivity index (χ2v) is 4.60. The molecule has 0 bridgehead atoms. The van der Waals surface area contributed by atoms with Crippen LogP contribution in [0.25, 0.3) is 0 Å². The Bertz CT molecular complexity index is 574. The molecule has 0 radical (unpaired) electrons. The van der Waals surface area contributed by atoms with Crippen molar-refractivity contribution in [1.29, 1.82) is 0 Å². The molecule has 114 valence electrons. The molecule has 0 saturated carbocycles. The highest BCUT2D eigenvalue weighted by Crippen LogP contribution is 2.30. The number of benzene rings is 1. The number of halogens is 1. The van der Waals surface area contributed by atoms with Crippen LogP contribution in [-0.4, -0.2) is 30.1 Å². The first-order chi connectivity index (χ1) is 9.83. The maximum Gasteiger partial charge on any atom is 0.325 e. The summed E-state index contributed by atoms with van der Waals surface area (Å²) in [6, 6.07) is 2.37. The fourth-order valence-corrected chi connectivity index (χ4v) is 1.65. The molecule has 0 aliphatic heterocycles. The van der Waals surface area contributed by atoms with Crippen LogP contribution in [0, 0.1) is 6.92 Å². The number of anilines is 1. The van der Waals surface area contributed by atoms with Gasteiger partial charge >= 0.3 is 12.0 Å². The average Bonchev–Trinajstić information content (AvgIpc) is 2.40. The lowest BCUT2D eigenvalue weighted by molar-refractivity contribution is -0.138. The summed E-state index contributed by atoms with van der Waals surface area (Å²) in [5.41, 5.74) is 1.08. The van der Waals surface area contributed by atoms with E-state index in [1.165, 1.54) is 7.11 Å². The molecule has 0 atom stereocenters. The molecule has 0 aromatic heterocycles. The number of carbonyl (C=O) groups excluding carboxylic acids is 2. The number of hydrogen-bond acceptors (Lipinski definition) is 4. The number of aliphatic carboxylic acids is 1. The van der Waals surface area contributed by atoms with Crippen molar-refractivity contribution in [2.45, 2.75) is 19.8 Å². The Hall–Kier alpha value is -2.28. The SMILES string of the molecule is COc1cc(Cl)c(C)cc1NC(=O)NC(=O)CCC(=O)O. The molecule has 0 saturated heterocycles. The van der Waals surface area contributed by atoms with Crippen LogP contribution in [0.1, 0.15) is 18.4 Å². The number of aryl methyl sites for hydroxylation is 1. The Labute approximate surface area is 126 Å². The van der Waals surface area contributed by atoms with Crippen LogP contribution in [0.15, 0.2) is 12.1 Å². The zero-order chi connectivity index (χ0) is 16.0. The summed E-state index contributed by atoms with van der Waals surface area (Å²) in [6.45, 7) is 1.75. The summed E-state index contributed by atoms with van der Waals surface area (Å²) >= 11 is 5.94. The maximum absolute atomic E-state index is 11.7. The predicted molar refractivity (Wildman–Crippen MR) is 76.8 cm³/mol. The lowest BCUT2D eigenvalue weighted by Crippen LogP contribution is -2.34. The highest BCUT2D eigenvalue weighted by Gasteiger charge is 2.13. The van der Waals surface area contributed by atoms with Crippen molar-refractivity contribution in [1.82, 2.24) is 5.32 Å². The topological polar surface area (TPSA) is 105 Å². The highest BCUT2D eigenvalue weighted by molar-refractivity contribution is 6.31. The van der Waals surface area contributed by atoms with Gasteiger partial charge in [0.1, 0.15) is 5.75 Å². The monoisotopic (exact) mass is 314 g/mol. The summed E-state index contributed by atoms with van der Waals surface area (Å²) in [5, 5.41) is 13.4. The molecule has 0 heterocycles. The fourth-order valence-electron chi connectivity index (χ4n) is 1.49. The van der Waals surface area contributed by atoms with Gasteiger partial charge in [-0.3, -0.25) is 14.9 Å². The number of carboxylic acids is 1. The molecule has 21 heavy (non-hydrogen) atoms. The van der Waals surface area contributed by atoms with E-state index in [2.05, 4.69) is 5.32 Å². The van der Waals surface area contributed by atoms with E-state index < -0.39 is 17.9 Å². The van der Waals surface area contributed by atoms with Crippen LogP contribution in [-0.2, 0) is 9.59 Å². The zero-order valence-corrected chi connectivity index (χ0v) is 12.3. The van der Waals surface area contributed by atoms with Crippen molar-refractivity contribution in [3.05, 3.63) is 22.7 Å². The van der Waals surface area contributed by atoms with E-state index in [4.69, 9.17) is 21.4 Å². The number of urea groups is 1. The number of methoxy groups -OCH3 is 1. The van der Waals surface area contributed by atoms with Crippen molar-refractivity contribution < 1.29 is 24.2 Å². The molecule has 1 aromatic rings. The smallest absolute Gasteiger partial charge is 0.325 e. The molecular weight excluding hydrogens is 300 g/mol. The molecule has 0 spiro atoms. The van der Waals surface area contributed by atoms with Crippen LogP contribution in [0.4, 0.5) is 10.5 Å². The molecule has 1 aromatic carbocycles. The first-order valence-corrected chi connectivity index (χ1v) is 6.38. The third kappa shape index (κ3) is 5.31. The molecular formula is C13H15ClN2O5. The van der Waals surface area contributed by atoms with Gasteiger partial charge in [-0.05, 0) is 18.6 Å². The number of rotatable bonds is 5. The summed E-state index contributed by atoms with van der Waals surface area (Å²) < 4.78 is 5.08. The van der Waals surface area contributed by atoms with E-state index in [-0.39, 0.29) is 12.8 Å². The van der Waals surface area contributed by atoms with Crippen LogP contribution in [0.5, 0.6) is 5.75 Å². The standard InChI is InChI=1S/C13H15ClN2O5/c1-7-5-9(10(21-2)6-8(7)14)15-13(20)16-11(17)3-4-12(18)19/h5-6H,3-4H2,1-2H3,(H,18,19)(H2,15,16,17,20). The number of imide groups is 1. The average molecular weight is 315 g/mol.